The van der Waals surface area contributed by atoms with E-state index in [1.807, 2.05) is 0 Å². The first-order chi connectivity index (χ1) is 11.1. The van der Waals surface area contributed by atoms with Crippen molar-refractivity contribution >= 4 is 17.7 Å². The Kier molecular flexibility index (Phi) is 4.71. The van der Waals surface area contributed by atoms with Gasteiger partial charge in [-0.25, -0.2) is 0 Å². The second kappa shape index (κ2) is 6.91. The maximum absolute atomic E-state index is 12.2. The summed E-state index contributed by atoms with van der Waals surface area (Å²) in [6.07, 6.45) is 2.67. The van der Waals surface area contributed by atoms with Crippen molar-refractivity contribution in [3.63, 3.8) is 0 Å². The first kappa shape index (κ1) is 15.7. The molecular weight excluding hydrogens is 294 g/mol. The summed E-state index contributed by atoms with van der Waals surface area (Å²) in [6, 6.07) is 7.26. The first-order valence-corrected chi connectivity index (χ1v) is 8.07. The van der Waals surface area contributed by atoms with Crippen LogP contribution in [0.4, 0.5) is 0 Å². The molecule has 0 radical (unpaired) electrons. The van der Waals surface area contributed by atoms with E-state index in [2.05, 4.69) is 10.6 Å². The lowest BCUT2D eigenvalue weighted by Gasteiger charge is -2.23. The lowest BCUT2D eigenvalue weighted by atomic mass is 10.1. The van der Waals surface area contributed by atoms with Crippen LogP contribution in [0.5, 0.6) is 0 Å². The average Bonchev–Trinajstić information content (AvgIpc) is 2.88. The van der Waals surface area contributed by atoms with E-state index in [0.29, 0.717) is 18.4 Å². The Bertz CT molecular complexity index is 590. The van der Waals surface area contributed by atoms with E-state index in [1.165, 1.54) is 4.90 Å². The highest BCUT2D eigenvalue weighted by Crippen LogP contribution is 2.16. The molecule has 2 aliphatic rings. The molecule has 6 nitrogen and oxygen atoms in total. The van der Waals surface area contributed by atoms with E-state index in [-0.39, 0.29) is 30.3 Å². The molecule has 2 fully saturated rings. The maximum Gasteiger partial charge on any atom is 0.251 e. The van der Waals surface area contributed by atoms with Crippen LogP contribution in [0.25, 0.3) is 0 Å². The molecule has 1 unspecified atom stereocenters. The number of hydrogen-bond donors (Lipinski definition) is 2. The van der Waals surface area contributed by atoms with E-state index < -0.39 is 0 Å². The molecule has 1 aromatic carbocycles. The van der Waals surface area contributed by atoms with Crippen molar-refractivity contribution in [3.05, 3.63) is 35.4 Å². The maximum atomic E-state index is 12.2. The quantitative estimate of drug-likeness (QED) is 0.806. The Labute approximate surface area is 135 Å². The molecule has 1 atom stereocenters. The number of carbonyl (C=O) groups excluding carboxylic acids is 3. The van der Waals surface area contributed by atoms with Gasteiger partial charge in [0, 0.05) is 31.0 Å². The van der Waals surface area contributed by atoms with Gasteiger partial charge in [-0.2, -0.15) is 0 Å². The highest BCUT2D eigenvalue weighted by atomic mass is 16.2. The van der Waals surface area contributed by atoms with E-state index in [4.69, 9.17) is 0 Å². The second-order valence-corrected chi connectivity index (χ2v) is 6.09. The number of hydrogen-bond acceptors (Lipinski definition) is 4. The zero-order valence-corrected chi connectivity index (χ0v) is 13.0. The van der Waals surface area contributed by atoms with Crippen LogP contribution < -0.4 is 10.6 Å². The van der Waals surface area contributed by atoms with Gasteiger partial charge < -0.3 is 10.6 Å². The number of amides is 3. The number of carbonyl (C=O) groups is 3. The largest absolute Gasteiger partial charge is 0.348 e. The van der Waals surface area contributed by atoms with Crippen LogP contribution in [0.1, 0.15) is 41.6 Å². The number of rotatable bonds is 4. The number of piperidine rings is 1. The highest BCUT2D eigenvalue weighted by Gasteiger charge is 2.28. The molecule has 0 aromatic heterocycles. The SMILES string of the molecule is O=C(NC1CCCNC1)c1ccc(CN2C(=O)CCC2=O)cc1. The van der Waals surface area contributed by atoms with Gasteiger partial charge in [0.25, 0.3) is 5.91 Å². The molecule has 122 valence electrons. The molecule has 2 aliphatic heterocycles. The lowest BCUT2D eigenvalue weighted by Crippen LogP contribution is -2.45. The topological polar surface area (TPSA) is 78.5 Å². The Morgan fingerprint density at radius 3 is 2.48 bits per heavy atom. The molecule has 2 N–H and O–H groups in total. The third-order valence-electron chi connectivity index (χ3n) is 4.34. The molecule has 0 spiro atoms. The number of benzene rings is 1. The summed E-state index contributed by atoms with van der Waals surface area (Å²) < 4.78 is 0. The van der Waals surface area contributed by atoms with E-state index in [0.717, 1.165) is 31.5 Å². The number of likely N-dealkylation sites (tertiary alicyclic amines) is 1. The van der Waals surface area contributed by atoms with Crippen molar-refractivity contribution in [2.45, 2.75) is 38.3 Å². The van der Waals surface area contributed by atoms with Crippen LogP contribution in [0.3, 0.4) is 0 Å². The number of imide groups is 1. The number of nitrogens with zero attached hydrogens (tertiary/aromatic N) is 1. The minimum absolute atomic E-state index is 0.0847. The predicted octanol–water partition coefficient (Wildman–Crippen LogP) is 0.817. The summed E-state index contributed by atoms with van der Waals surface area (Å²) in [6.45, 7) is 2.10. The Morgan fingerprint density at radius 2 is 1.87 bits per heavy atom. The molecule has 23 heavy (non-hydrogen) atoms. The van der Waals surface area contributed by atoms with Crippen LogP contribution in [-0.4, -0.2) is 41.8 Å². The average molecular weight is 315 g/mol. The van der Waals surface area contributed by atoms with Crippen molar-refractivity contribution in [2.24, 2.45) is 0 Å². The smallest absolute Gasteiger partial charge is 0.251 e. The summed E-state index contributed by atoms with van der Waals surface area (Å²) in [4.78, 5) is 36.7. The zero-order chi connectivity index (χ0) is 16.2. The normalized spacial score (nSPS) is 21.6. The van der Waals surface area contributed by atoms with E-state index >= 15 is 0 Å². The Hall–Kier alpha value is -2.21. The third-order valence-corrected chi connectivity index (χ3v) is 4.34. The highest BCUT2D eigenvalue weighted by molar-refractivity contribution is 6.01. The Balaban J connectivity index is 1.59. The summed E-state index contributed by atoms with van der Waals surface area (Å²) in [5.41, 5.74) is 1.45. The van der Waals surface area contributed by atoms with Crippen LogP contribution in [0.2, 0.25) is 0 Å². The molecule has 2 heterocycles. The standard InChI is InChI=1S/C17H21N3O3/c21-15-7-8-16(22)20(15)11-12-3-5-13(6-4-12)17(23)19-14-2-1-9-18-10-14/h3-6,14,18H,1-2,7-11H2,(H,19,23). The fraction of sp³-hybridized carbons (Fsp3) is 0.471. The van der Waals surface area contributed by atoms with E-state index in [1.54, 1.807) is 24.3 Å². The molecule has 2 saturated heterocycles. The van der Waals surface area contributed by atoms with Crippen LogP contribution in [0, 0.1) is 0 Å². The fourth-order valence-corrected chi connectivity index (χ4v) is 2.99. The third kappa shape index (κ3) is 3.76. The summed E-state index contributed by atoms with van der Waals surface area (Å²) in [7, 11) is 0. The van der Waals surface area contributed by atoms with Crippen LogP contribution >= 0.6 is 0 Å². The van der Waals surface area contributed by atoms with Gasteiger partial charge in [-0.05, 0) is 37.1 Å². The molecular formula is C17H21N3O3. The lowest BCUT2D eigenvalue weighted by molar-refractivity contribution is -0.139. The summed E-state index contributed by atoms with van der Waals surface area (Å²) >= 11 is 0. The van der Waals surface area contributed by atoms with Gasteiger partial charge in [-0.1, -0.05) is 12.1 Å². The van der Waals surface area contributed by atoms with Crippen molar-refractivity contribution in [1.82, 2.24) is 15.5 Å². The molecule has 3 rings (SSSR count). The van der Waals surface area contributed by atoms with Gasteiger partial charge >= 0.3 is 0 Å². The minimum atomic E-state index is -0.124. The van der Waals surface area contributed by atoms with Gasteiger partial charge in [0.15, 0.2) is 0 Å². The van der Waals surface area contributed by atoms with Crippen molar-refractivity contribution in [1.29, 1.82) is 0 Å². The Morgan fingerprint density at radius 1 is 1.17 bits per heavy atom. The zero-order valence-electron chi connectivity index (χ0n) is 13.0. The van der Waals surface area contributed by atoms with Gasteiger partial charge in [-0.3, -0.25) is 19.3 Å². The van der Waals surface area contributed by atoms with Gasteiger partial charge in [0.05, 0.1) is 6.54 Å². The van der Waals surface area contributed by atoms with Crippen LogP contribution in [-0.2, 0) is 16.1 Å². The predicted molar refractivity (Wildman–Crippen MR) is 84.6 cm³/mol. The van der Waals surface area contributed by atoms with Gasteiger partial charge in [0.2, 0.25) is 11.8 Å². The molecule has 0 bridgehead atoms. The van der Waals surface area contributed by atoms with Crippen molar-refractivity contribution in [2.75, 3.05) is 13.1 Å². The summed E-state index contributed by atoms with van der Waals surface area (Å²) in [5, 5.41) is 6.29. The minimum Gasteiger partial charge on any atom is -0.348 e. The van der Waals surface area contributed by atoms with Crippen molar-refractivity contribution in [3.8, 4) is 0 Å². The first-order valence-electron chi connectivity index (χ1n) is 8.07. The van der Waals surface area contributed by atoms with Crippen molar-refractivity contribution < 1.29 is 14.4 Å². The molecule has 3 amide bonds. The molecule has 0 saturated carbocycles. The van der Waals surface area contributed by atoms with Gasteiger partial charge in [-0.15, -0.1) is 0 Å². The van der Waals surface area contributed by atoms with Crippen LogP contribution in [0.15, 0.2) is 24.3 Å². The van der Waals surface area contributed by atoms with Gasteiger partial charge in [0.1, 0.15) is 0 Å². The monoisotopic (exact) mass is 315 g/mol. The summed E-state index contributed by atoms with van der Waals surface area (Å²) in [5.74, 6) is -0.332. The molecule has 0 aliphatic carbocycles. The number of nitrogens with one attached hydrogen (secondary N) is 2. The second-order valence-electron chi connectivity index (χ2n) is 6.09. The fourth-order valence-electron chi connectivity index (χ4n) is 2.99. The van der Waals surface area contributed by atoms with E-state index in [9.17, 15) is 14.4 Å². The molecule has 1 aromatic rings. The molecule has 6 heteroatoms.